The summed E-state index contributed by atoms with van der Waals surface area (Å²) >= 11 is 5.21. The van der Waals surface area contributed by atoms with Crippen LogP contribution in [0.2, 0.25) is 0 Å². The standard InChI is InChI=1S/C20H18N4O5S2/c1-29-19-8-3-2-7-18(19)23-31(27,28)17-11-9-14(10-12-17)21-20(30)22-15-5-4-6-16(13-15)24(25)26/h2-13,23H,1H3,(H2,21,22,30). The molecule has 3 aromatic rings. The zero-order valence-corrected chi connectivity index (χ0v) is 17.9. The van der Waals surface area contributed by atoms with Crippen molar-refractivity contribution in [1.82, 2.24) is 0 Å². The molecule has 0 radical (unpaired) electrons. The number of benzene rings is 3. The SMILES string of the molecule is COc1ccccc1NS(=O)(=O)c1ccc(NC(=S)Nc2cccc([N+](=O)[O-])c2)cc1. The highest BCUT2D eigenvalue weighted by atomic mass is 32.2. The van der Waals surface area contributed by atoms with Crippen molar-refractivity contribution < 1.29 is 18.1 Å². The maximum absolute atomic E-state index is 12.7. The first-order valence-electron chi connectivity index (χ1n) is 8.87. The van der Waals surface area contributed by atoms with Crippen molar-refractivity contribution in [3.05, 3.63) is 82.9 Å². The molecule has 0 fully saturated rings. The molecule has 3 aromatic carbocycles. The minimum Gasteiger partial charge on any atom is -0.495 e. The molecule has 160 valence electrons. The Kier molecular flexibility index (Phi) is 6.68. The van der Waals surface area contributed by atoms with Gasteiger partial charge in [0, 0.05) is 23.5 Å². The van der Waals surface area contributed by atoms with Gasteiger partial charge in [0.1, 0.15) is 5.75 Å². The van der Waals surface area contributed by atoms with Crippen LogP contribution in [-0.2, 0) is 10.0 Å². The van der Waals surface area contributed by atoms with Crippen molar-refractivity contribution in [2.45, 2.75) is 4.90 Å². The van der Waals surface area contributed by atoms with E-state index in [0.717, 1.165) is 0 Å². The molecule has 0 aliphatic rings. The summed E-state index contributed by atoms with van der Waals surface area (Å²) in [6.07, 6.45) is 0. The van der Waals surface area contributed by atoms with E-state index in [1.807, 2.05) is 0 Å². The number of para-hydroxylation sites is 2. The van der Waals surface area contributed by atoms with Gasteiger partial charge in [0.05, 0.1) is 22.6 Å². The smallest absolute Gasteiger partial charge is 0.271 e. The second-order valence-corrected chi connectivity index (χ2v) is 8.31. The Labute approximate surface area is 184 Å². The van der Waals surface area contributed by atoms with E-state index in [1.165, 1.54) is 37.4 Å². The van der Waals surface area contributed by atoms with E-state index in [-0.39, 0.29) is 15.7 Å². The minimum atomic E-state index is -3.82. The van der Waals surface area contributed by atoms with Gasteiger partial charge < -0.3 is 15.4 Å². The number of hydrogen-bond acceptors (Lipinski definition) is 6. The number of ether oxygens (including phenoxy) is 1. The van der Waals surface area contributed by atoms with Crippen LogP contribution in [-0.4, -0.2) is 25.6 Å². The Bertz CT molecular complexity index is 1210. The number of nitro groups is 1. The number of nitrogens with one attached hydrogen (secondary N) is 3. The molecule has 0 aliphatic heterocycles. The molecule has 11 heteroatoms. The molecule has 0 aliphatic carbocycles. The lowest BCUT2D eigenvalue weighted by Gasteiger charge is -2.13. The van der Waals surface area contributed by atoms with Crippen LogP contribution in [0.4, 0.5) is 22.7 Å². The quantitative estimate of drug-likeness (QED) is 0.273. The van der Waals surface area contributed by atoms with Gasteiger partial charge in [0.2, 0.25) is 0 Å². The molecule has 0 atom stereocenters. The van der Waals surface area contributed by atoms with E-state index < -0.39 is 14.9 Å². The molecule has 0 unspecified atom stereocenters. The number of hydrogen-bond donors (Lipinski definition) is 3. The fourth-order valence-corrected chi connectivity index (χ4v) is 3.95. The fourth-order valence-electron chi connectivity index (χ4n) is 2.64. The van der Waals surface area contributed by atoms with Crippen LogP contribution >= 0.6 is 12.2 Å². The number of methoxy groups -OCH3 is 1. The number of thiocarbonyl (C=S) groups is 1. The summed E-state index contributed by atoms with van der Waals surface area (Å²) in [6, 6.07) is 18.6. The highest BCUT2D eigenvalue weighted by Crippen LogP contribution is 2.26. The van der Waals surface area contributed by atoms with Crippen molar-refractivity contribution >= 4 is 50.1 Å². The molecule has 3 N–H and O–H groups in total. The molecule has 9 nitrogen and oxygen atoms in total. The number of rotatable bonds is 7. The molecule has 0 saturated carbocycles. The van der Waals surface area contributed by atoms with Crippen molar-refractivity contribution in [2.24, 2.45) is 0 Å². The minimum absolute atomic E-state index is 0.0570. The number of nitrogens with zero attached hydrogens (tertiary/aromatic N) is 1. The van der Waals surface area contributed by atoms with E-state index in [9.17, 15) is 18.5 Å². The molecule has 0 heterocycles. The van der Waals surface area contributed by atoms with E-state index in [2.05, 4.69) is 15.4 Å². The van der Waals surface area contributed by atoms with Crippen LogP contribution in [0.25, 0.3) is 0 Å². The molecule has 31 heavy (non-hydrogen) atoms. The van der Waals surface area contributed by atoms with Gasteiger partial charge in [0.15, 0.2) is 5.11 Å². The van der Waals surface area contributed by atoms with Crippen molar-refractivity contribution in [2.75, 3.05) is 22.5 Å². The zero-order valence-electron chi connectivity index (χ0n) is 16.2. The maximum Gasteiger partial charge on any atom is 0.271 e. The van der Waals surface area contributed by atoms with Gasteiger partial charge in [-0.2, -0.15) is 0 Å². The lowest BCUT2D eigenvalue weighted by molar-refractivity contribution is -0.384. The van der Waals surface area contributed by atoms with Crippen molar-refractivity contribution in [3.63, 3.8) is 0 Å². The predicted octanol–water partition coefficient (Wildman–Crippen LogP) is 4.21. The normalized spacial score (nSPS) is 10.7. The highest BCUT2D eigenvalue weighted by molar-refractivity contribution is 7.92. The third kappa shape index (κ3) is 5.68. The van der Waals surface area contributed by atoms with Crippen molar-refractivity contribution in [1.29, 1.82) is 0 Å². The van der Waals surface area contributed by atoms with Gasteiger partial charge in [-0.05, 0) is 54.7 Å². The lowest BCUT2D eigenvalue weighted by Crippen LogP contribution is -2.19. The number of nitro benzene ring substituents is 1. The lowest BCUT2D eigenvalue weighted by atomic mass is 10.3. The molecule has 0 aromatic heterocycles. The molecule has 0 spiro atoms. The molecular formula is C20H18N4O5S2. The Morgan fingerprint density at radius 2 is 1.65 bits per heavy atom. The Morgan fingerprint density at radius 3 is 2.32 bits per heavy atom. The average molecular weight is 459 g/mol. The van der Waals surface area contributed by atoms with E-state index in [0.29, 0.717) is 22.8 Å². The van der Waals surface area contributed by atoms with Gasteiger partial charge in [-0.15, -0.1) is 0 Å². The summed E-state index contributed by atoms with van der Waals surface area (Å²) in [5.74, 6) is 0.405. The van der Waals surface area contributed by atoms with Gasteiger partial charge in [-0.1, -0.05) is 18.2 Å². The van der Waals surface area contributed by atoms with Crippen LogP contribution in [0, 0.1) is 10.1 Å². The number of non-ortho nitro benzene ring substituents is 1. The summed E-state index contributed by atoms with van der Waals surface area (Å²) in [5.41, 5.74) is 1.26. The summed E-state index contributed by atoms with van der Waals surface area (Å²) in [6.45, 7) is 0. The van der Waals surface area contributed by atoms with Crippen LogP contribution in [0.15, 0.2) is 77.7 Å². The summed E-state index contributed by atoms with van der Waals surface area (Å²) in [4.78, 5) is 10.4. The summed E-state index contributed by atoms with van der Waals surface area (Å²) < 4.78 is 33.0. The maximum atomic E-state index is 12.7. The molecule has 0 bridgehead atoms. The predicted molar refractivity (Wildman–Crippen MR) is 123 cm³/mol. The van der Waals surface area contributed by atoms with Gasteiger partial charge in [-0.3, -0.25) is 14.8 Å². The summed E-state index contributed by atoms with van der Waals surface area (Å²) in [7, 11) is -2.37. The molecular weight excluding hydrogens is 440 g/mol. The second kappa shape index (κ2) is 9.41. The first-order valence-corrected chi connectivity index (χ1v) is 10.8. The zero-order chi connectivity index (χ0) is 22.4. The van der Waals surface area contributed by atoms with Crippen molar-refractivity contribution in [3.8, 4) is 5.75 Å². The second-order valence-electron chi connectivity index (χ2n) is 6.22. The van der Waals surface area contributed by atoms with Gasteiger partial charge in [-0.25, -0.2) is 8.42 Å². The first kappa shape index (κ1) is 22.0. The summed E-state index contributed by atoms with van der Waals surface area (Å²) in [5, 5.41) is 16.8. The monoisotopic (exact) mass is 458 g/mol. The Hall–Kier alpha value is -3.70. The van der Waals surface area contributed by atoms with Crippen LogP contribution in [0.1, 0.15) is 0 Å². The highest BCUT2D eigenvalue weighted by Gasteiger charge is 2.16. The van der Waals surface area contributed by atoms with Crippen LogP contribution in [0.5, 0.6) is 5.75 Å². The largest absolute Gasteiger partial charge is 0.495 e. The third-order valence-electron chi connectivity index (χ3n) is 4.09. The fraction of sp³-hybridized carbons (Fsp3) is 0.0500. The first-order chi connectivity index (χ1) is 14.8. The van der Waals surface area contributed by atoms with E-state index in [1.54, 1.807) is 42.5 Å². The van der Waals surface area contributed by atoms with E-state index in [4.69, 9.17) is 17.0 Å². The Balaban J connectivity index is 1.67. The van der Waals surface area contributed by atoms with Crippen LogP contribution < -0.4 is 20.1 Å². The Morgan fingerprint density at radius 1 is 0.968 bits per heavy atom. The topological polar surface area (TPSA) is 123 Å². The molecule has 3 rings (SSSR count). The number of sulfonamides is 1. The van der Waals surface area contributed by atoms with E-state index >= 15 is 0 Å². The van der Waals surface area contributed by atoms with Crippen LogP contribution in [0.3, 0.4) is 0 Å². The van der Waals surface area contributed by atoms with Gasteiger partial charge in [0.25, 0.3) is 15.7 Å². The average Bonchev–Trinajstić information content (AvgIpc) is 2.74. The van der Waals surface area contributed by atoms with Gasteiger partial charge >= 0.3 is 0 Å². The third-order valence-corrected chi connectivity index (χ3v) is 5.67. The molecule has 0 amide bonds. The number of anilines is 3. The molecule has 0 saturated heterocycles.